The van der Waals surface area contributed by atoms with Gasteiger partial charge in [0.25, 0.3) is 0 Å². The second-order valence-corrected chi connectivity index (χ2v) is 14.0. The summed E-state index contributed by atoms with van der Waals surface area (Å²) in [4.78, 5) is 11.8. The minimum atomic E-state index is -1.26. The molecule has 0 bridgehead atoms. The summed E-state index contributed by atoms with van der Waals surface area (Å²) in [5.41, 5.74) is 6.51. The quantitative estimate of drug-likeness (QED) is 0.256. The van der Waals surface area contributed by atoms with Crippen LogP contribution in [0.25, 0.3) is 0 Å². The molecule has 40 heavy (non-hydrogen) atoms. The van der Waals surface area contributed by atoms with Gasteiger partial charge in [0.05, 0.1) is 24.4 Å². The number of carbonyl (C=O) groups is 1. The Bertz CT molecular complexity index is 1060. The van der Waals surface area contributed by atoms with Gasteiger partial charge in [-0.3, -0.25) is 0 Å². The van der Waals surface area contributed by atoms with Crippen LogP contribution < -0.4 is 5.73 Å². The first-order valence-electron chi connectivity index (χ1n) is 15.3. The van der Waals surface area contributed by atoms with E-state index in [1.54, 1.807) is 6.08 Å². The number of fused-ring (bicyclic) bond motifs is 5. The minimum Gasteiger partial charge on any atom is -0.459 e. The molecule has 0 aromatic rings. The van der Waals surface area contributed by atoms with Gasteiger partial charge in [0.1, 0.15) is 24.4 Å². The van der Waals surface area contributed by atoms with Crippen LogP contribution in [0.2, 0.25) is 0 Å². The molecule has 9 nitrogen and oxygen atoms in total. The molecule has 0 spiro atoms. The summed E-state index contributed by atoms with van der Waals surface area (Å²) in [7, 11) is 0. The fourth-order valence-electron chi connectivity index (χ4n) is 9.94. The van der Waals surface area contributed by atoms with Crippen molar-refractivity contribution in [2.24, 2.45) is 40.2 Å². The number of nitrogens with two attached hydrogens (primary N) is 1. The van der Waals surface area contributed by atoms with Gasteiger partial charge in [0, 0.05) is 17.4 Å². The Morgan fingerprint density at radius 1 is 1.05 bits per heavy atom. The van der Waals surface area contributed by atoms with Crippen LogP contribution in [0.3, 0.4) is 0 Å². The Labute approximate surface area is 236 Å². The van der Waals surface area contributed by atoms with Crippen LogP contribution >= 0.6 is 0 Å². The van der Waals surface area contributed by atoms with E-state index in [0.717, 1.165) is 51.4 Å². The zero-order valence-corrected chi connectivity index (χ0v) is 23.9. The Balaban J connectivity index is 1.19. The van der Waals surface area contributed by atoms with Crippen molar-refractivity contribution in [1.29, 1.82) is 0 Å². The average Bonchev–Trinajstić information content (AvgIpc) is 3.20. The molecule has 4 aliphatic carbocycles. The first kappa shape index (κ1) is 28.8. The highest BCUT2D eigenvalue weighted by Crippen LogP contribution is 2.69. The van der Waals surface area contributed by atoms with Gasteiger partial charge < -0.3 is 40.4 Å². The molecule has 224 valence electrons. The number of carbonyl (C=O) groups excluding carboxylic acids is 1. The van der Waals surface area contributed by atoms with Crippen molar-refractivity contribution in [3.05, 3.63) is 23.8 Å². The summed E-state index contributed by atoms with van der Waals surface area (Å²) in [5.74, 6) is 0.741. The molecule has 6 aliphatic rings. The molecule has 9 heteroatoms. The molecular formula is C31H47NO8. The standard InChI is InChI=1S/C31H47NO8/c1-16-19(5-7-24(34)38-16)20-10-13-31(37)22-6-4-17-14-18(8-11-29(17,2)21(22)9-12-30(20,31)3)39-28-25(32)27(36)26(35)23(15-33)40-28/h5,7,14,16,18-23,25-28,33,35-37H,4,6,8-13,15,32H2,1-3H3/t16?,18-,19?,20+,21?,22?,23+,25?,26+,27?,28+,29-,30+,31-/m0/s1. The number of aliphatic hydroxyl groups is 4. The van der Waals surface area contributed by atoms with E-state index in [-0.39, 0.29) is 46.8 Å². The summed E-state index contributed by atoms with van der Waals surface area (Å²) >= 11 is 0. The van der Waals surface area contributed by atoms with Gasteiger partial charge >= 0.3 is 5.97 Å². The Kier molecular flexibility index (Phi) is 7.30. The zero-order chi connectivity index (χ0) is 28.6. The summed E-state index contributed by atoms with van der Waals surface area (Å²) in [6, 6.07) is -0.911. The van der Waals surface area contributed by atoms with Crippen LogP contribution in [0.4, 0.5) is 0 Å². The smallest absolute Gasteiger partial charge is 0.330 e. The minimum absolute atomic E-state index is 0.0234. The monoisotopic (exact) mass is 561 g/mol. The molecular weight excluding hydrogens is 514 g/mol. The lowest BCUT2D eigenvalue weighted by Gasteiger charge is -2.62. The molecule has 6 unspecified atom stereocenters. The molecule has 2 aliphatic heterocycles. The molecule has 14 atom stereocenters. The normalized spacial score (nSPS) is 54.1. The van der Waals surface area contributed by atoms with E-state index in [4.69, 9.17) is 19.9 Å². The third-order valence-electron chi connectivity index (χ3n) is 12.3. The SMILES string of the molecule is CC1OC(=O)C=CC1[C@H]1CC[C@]2(O)C3CCC4=C[C@@H](O[C@@H]5O[C@H](CO)[C@@H](O)C(O)C5N)CC[C@]4(C)C3CC[C@]12C. The molecule has 0 aromatic heterocycles. The summed E-state index contributed by atoms with van der Waals surface area (Å²) in [6.45, 7) is 6.20. The molecule has 4 fully saturated rings. The number of rotatable bonds is 4. The number of aliphatic hydroxyl groups excluding tert-OH is 3. The predicted octanol–water partition coefficient (Wildman–Crippen LogP) is 1.95. The molecule has 0 radical (unpaired) electrons. The summed E-state index contributed by atoms with van der Waals surface area (Å²) in [6.07, 6.45) is 8.32. The molecule has 6 N–H and O–H groups in total. The second-order valence-electron chi connectivity index (χ2n) is 14.0. The topological polar surface area (TPSA) is 152 Å². The van der Waals surface area contributed by atoms with Crippen molar-refractivity contribution in [2.75, 3.05) is 6.61 Å². The fraction of sp³-hybridized carbons (Fsp3) is 0.839. The first-order valence-corrected chi connectivity index (χ1v) is 15.3. The number of esters is 1. The molecule has 1 saturated heterocycles. The maximum absolute atomic E-state index is 12.5. The third-order valence-corrected chi connectivity index (χ3v) is 12.3. The van der Waals surface area contributed by atoms with Crippen molar-refractivity contribution in [3.63, 3.8) is 0 Å². The van der Waals surface area contributed by atoms with Crippen LogP contribution in [0.1, 0.15) is 72.1 Å². The second kappa shape index (κ2) is 10.1. The third kappa shape index (κ3) is 4.18. The largest absolute Gasteiger partial charge is 0.459 e. The number of cyclic esters (lactones) is 1. The molecule has 0 aromatic carbocycles. The van der Waals surface area contributed by atoms with E-state index in [1.165, 1.54) is 5.57 Å². The predicted molar refractivity (Wildman–Crippen MR) is 145 cm³/mol. The highest BCUT2D eigenvalue weighted by molar-refractivity contribution is 5.83. The molecule has 0 amide bonds. The van der Waals surface area contributed by atoms with Gasteiger partial charge in [-0.2, -0.15) is 0 Å². The van der Waals surface area contributed by atoms with Crippen molar-refractivity contribution in [2.45, 2.75) is 121 Å². The number of ether oxygens (including phenoxy) is 3. The maximum Gasteiger partial charge on any atom is 0.330 e. The van der Waals surface area contributed by atoms with Gasteiger partial charge in [-0.25, -0.2) is 4.79 Å². The summed E-state index contributed by atoms with van der Waals surface area (Å²) in [5, 5.41) is 42.6. The number of hydrogen-bond acceptors (Lipinski definition) is 9. The number of allylic oxidation sites excluding steroid dienone is 1. The molecule has 3 saturated carbocycles. The van der Waals surface area contributed by atoms with E-state index < -0.39 is 42.9 Å². The van der Waals surface area contributed by atoms with E-state index in [9.17, 15) is 25.2 Å². The van der Waals surface area contributed by atoms with Crippen LogP contribution in [0.15, 0.2) is 23.8 Å². The average molecular weight is 562 g/mol. The van der Waals surface area contributed by atoms with Crippen LogP contribution in [-0.2, 0) is 19.0 Å². The Morgan fingerprint density at radius 2 is 1.80 bits per heavy atom. The summed E-state index contributed by atoms with van der Waals surface area (Å²) < 4.78 is 17.5. The van der Waals surface area contributed by atoms with Crippen molar-refractivity contribution >= 4 is 5.97 Å². The Hall–Kier alpha value is -1.33. The lowest BCUT2D eigenvalue weighted by molar-refractivity contribution is -0.275. The van der Waals surface area contributed by atoms with Gasteiger partial charge in [-0.1, -0.05) is 31.6 Å². The van der Waals surface area contributed by atoms with Gasteiger partial charge in [0.2, 0.25) is 0 Å². The number of hydrogen-bond donors (Lipinski definition) is 5. The molecule has 2 heterocycles. The van der Waals surface area contributed by atoms with Crippen LogP contribution in [0, 0.1) is 34.5 Å². The first-order chi connectivity index (χ1) is 18.9. The van der Waals surface area contributed by atoms with Crippen LogP contribution in [0.5, 0.6) is 0 Å². The lowest BCUT2D eigenvalue weighted by Crippen LogP contribution is -2.63. The van der Waals surface area contributed by atoms with Crippen molar-refractivity contribution in [3.8, 4) is 0 Å². The van der Waals surface area contributed by atoms with Crippen LogP contribution in [-0.4, -0.2) is 81.5 Å². The van der Waals surface area contributed by atoms with E-state index in [0.29, 0.717) is 5.92 Å². The highest BCUT2D eigenvalue weighted by Gasteiger charge is 2.67. The lowest BCUT2D eigenvalue weighted by atomic mass is 9.44. The van der Waals surface area contributed by atoms with Gasteiger partial charge in [-0.05, 0) is 81.5 Å². The Morgan fingerprint density at radius 3 is 2.52 bits per heavy atom. The van der Waals surface area contributed by atoms with Gasteiger partial charge in [-0.15, -0.1) is 0 Å². The maximum atomic E-state index is 12.5. The highest BCUT2D eigenvalue weighted by atomic mass is 16.7. The van der Waals surface area contributed by atoms with Gasteiger partial charge in [0.15, 0.2) is 6.29 Å². The zero-order valence-electron chi connectivity index (χ0n) is 23.9. The van der Waals surface area contributed by atoms with E-state index in [1.807, 2.05) is 13.0 Å². The molecule has 6 rings (SSSR count). The van der Waals surface area contributed by atoms with Crippen molar-refractivity contribution < 1.29 is 39.4 Å². The van der Waals surface area contributed by atoms with Crippen molar-refractivity contribution in [1.82, 2.24) is 0 Å². The fourth-order valence-corrected chi connectivity index (χ4v) is 9.94. The van der Waals surface area contributed by atoms with E-state index in [2.05, 4.69) is 19.9 Å². The van der Waals surface area contributed by atoms with E-state index >= 15 is 0 Å².